The van der Waals surface area contributed by atoms with Crippen molar-refractivity contribution < 1.29 is 14.3 Å². The summed E-state index contributed by atoms with van der Waals surface area (Å²) in [7, 11) is 0. The van der Waals surface area contributed by atoms with E-state index in [1.165, 1.54) is 17.8 Å². The first kappa shape index (κ1) is 19.6. The number of hydrogen-bond donors (Lipinski definition) is 1. The standard InChI is InChI=1S/C22H20N2O3S/c1-15(22(26)24-18-10-3-4-11-19(18)28-2)27-20(25)13-12-17-8-5-7-16-9-6-14-23-21(16)17/h3-15H,1-2H3,(H,24,26)/b13-12+. The van der Waals surface area contributed by atoms with E-state index in [9.17, 15) is 9.59 Å². The molecule has 1 atom stereocenters. The van der Waals surface area contributed by atoms with Crippen LogP contribution in [0, 0.1) is 0 Å². The molecule has 1 N–H and O–H groups in total. The molecule has 0 aliphatic carbocycles. The zero-order chi connectivity index (χ0) is 19.9. The maximum Gasteiger partial charge on any atom is 0.331 e. The number of aromatic nitrogens is 1. The monoisotopic (exact) mass is 392 g/mol. The van der Waals surface area contributed by atoms with Crippen molar-refractivity contribution in [2.75, 3.05) is 11.6 Å². The number of rotatable bonds is 6. The van der Waals surface area contributed by atoms with Gasteiger partial charge in [-0.25, -0.2) is 4.79 Å². The quantitative estimate of drug-likeness (QED) is 0.379. The van der Waals surface area contributed by atoms with Crippen LogP contribution in [0.4, 0.5) is 5.69 Å². The first-order chi connectivity index (χ1) is 13.6. The second-order valence-electron chi connectivity index (χ2n) is 6.02. The minimum Gasteiger partial charge on any atom is -0.449 e. The summed E-state index contributed by atoms with van der Waals surface area (Å²) in [5, 5.41) is 3.78. The number of carbonyl (C=O) groups is 2. The van der Waals surface area contributed by atoms with Crippen molar-refractivity contribution in [2.45, 2.75) is 17.9 Å². The molecule has 142 valence electrons. The van der Waals surface area contributed by atoms with Gasteiger partial charge in [-0.15, -0.1) is 11.8 Å². The first-order valence-electron chi connectivity index (χ1n) is 8.75. The molecule has 1 unspecified atom stereocenters. The molecule has 1 amide bonds. The number of para-hydroxylation sites is 2. The fourth-order valence-corrected chi connectivity index (χ4v) is 3.22. The highest BCUT2D eigenvalue weighted by Gasteiger charge is 2.17. The molecule has 28 heavy (non-hydrogen) atoms. The summed E-state index contributed by atoms with van der Waals surface area (Å²) >= 11 is 1.53. The summed E-state index contributed by atoms with van der Waals surface area (Å²) in [6.07, 6.45) is 5.67. The predicted molar refractivity (Wildman–Crippen MR) is 113 cm³/mol. The number of benzene rings is 2. The third-order valence-electron chi connectivity index (χ3n) is 4.09. The molecule has 1 aromatic heterocycles. The fourth-order valence-electron chi connectivity index (χ4n) is 2.67. The Labute approximate surface area is 167 Å². The van der Waals surface area contributed by atoms with E-state index in [0.29, 0.717) is 5.69 Å². The van der Waals surface area contributed by atoms with E-state index in [1.54, 1.807) is 19.2 Å². The SMILES string of the molecule is CSc1ccccc1NC(=O)C(C)OC(=O)/C=C/c1cccc2cccnc12. The van der Waals surface area contributed by atoms with Crippen LogP contribution in [0.15, 0.2) is 71.8 Å². The zero-order valence-corrected chi connectivity index (χ0v) is 16.4. The molecule has 6 heteroatoms. The van der Waals surface area contributed by atoms with Crippen molar-refractivity contribution in [2.24, 2.45) is 0 Å². The molecule has 5 nitrogen and oxygen atoms in total. The Morgan fingerprint density at radius 3 is 2.71 bits per heavy atom. The summed E-state index contributed by atoms with van der Waals surface area (Å²) in [5.41, 5.74) is 2.30. The Balaban J connectivity index is 1.63. The van der Waals surface area contributed by atoms with Crippen LogP contribution in [0.5, 0.6) is 0 Å². The van der Waals surface area contributed by atoms with Crippen LogP contribution in [0.3, 0.4) is 0 Å². The van der Waals surface area contributed by atoms with Gasteiger partial charge in [-0.1, -0.05) is 36.4 Å². The lowest BCUT2D eigenvalue weighted by atomic mass is 10.1. The van der Waals surface area contributed by atoms with E-state index in [0.717, 1.165) is 21.4 Å². The largest absolute Gasteiger partial charge is 0.449 e. The van der Waals surface area contributed by atoms with Crippen molar-refractivity contribution in [3.63, 3.8) is 0 Å². The van der Waals surface area contributed by atoms with Gasteiger partial charge in [0, 0.05) is 28.1 Å². The summed E-state index contributed by atoms with van der Waals surface area (Å²) < 4.78 is 5.23. The molecular formula is C22H20N2O3S. The smallest absolute Gasteiger partial charge is 0.331 e. The molecule has 2 aromatic carbocycles. The molecular weight excluding hydrogens is 372 g/mol. The molecule has 0 spiro atoms. The molecule has 0 saturated carbocycles. The highest BCUT2D eigenvalue weighted by molar-refractivity contribution is 7.98. The average molecular weight is 392 g/mol. The second-order valence-corrected chi connectivity index (χ2v) is 6.87. The number of fused-ring (bicyclic) bond motifs is 1. The fraction of sp³-hybridized carbons (Fsp3) is 0.136. The highest BCUT2D eigenvalue weighted by Crippen LogP contribution is 2.24. The van der Waals surface area contributed by atoms with Crippen LogP contribution in [-0.4, -0.2) is 29.2 Å². The Bertz CT molecular complexity index is 1030. The Morgan fingerprint density at radius 1 is 1.11 bits per heavy atom. The van der Waals surface area contributed by atoms with Crippen LogP contribution >= 0.6 is 11.8 Å². The van der Waals surface area contributed by atoms with Crippen LogP contribution in [-0.2, 0) is 14.3 Å². The van der Waals surface area contributed by atoms with Gasteiger partial charge in [-0.2, -0.15) is 0 Å². The molecule has 0 radical (unpaired) electrons. The maximum absolute atomic E-state index is 12.3. The predicted octanol–water partition coefficient (Wildman–Crippen LogP) is 4.54. The van der Waals surface area contributed by atoms with Crippen LogP contribution < -0.4 is 5.32 Å². The lowest BCUT2D eigenvalue weighted by Crippen LogP contribution is -2.29. The van der Waals surface area contributed by atoms with Gasteiger partial charge >= 0.3 is 5.97 Å². The number of anilines is 1. The van der Waals surface area contributed by atoms with Crippen LogP contribution in [0.1, 0.15) is 12.5 Å². The number of thioether (sulfide) groups is 1. The number of ether oxygens (including phenoxy) is 1. The average Bonchev–Trinajstić information content (AvgIpc) is 2.72. The minimum atomic E-state index is -0.919. The molecule has 0 aliphatic rings. The van der Waals surface area contributed by atoms with Crippen LogP contribution in [0.2, 0.25) is 0 Å². The van der Waals surface area contributed by atoms with Gasteiger partial charge in [0.25, 0.3) is 5.91 Å². The van der Waals surface area contributed by atoms with E-state index in [4.69, 9.17) is 4.74 Å². The van der Waals surface area contributed by atoms with Gasteiger partial charge < -0.3 is 10.1 Å². The molecule has 3 aromatic rings. The van der Waals surface area contributed by atoms with Gasteiger partial charge in [-0.3, -0.25) is 9.78 Å². The van der Waals surface area contributed by atoms with Gasteiger partial charge in [0.05, 0.1) is 11.2 Å². The second kappa shape index (κ2) is 9.19. The Kier molecular flexibility index (Phi) is 6.45. The summed E-state index contributed by atoms with van der Waals surface area (Å²) in [4.78, 5) is 29.7. The van der Waals surface area contributed by atoms with Crippen molar-refractivity contribution in [3.8, 4) is 0 Å². The normalized spacial score (nSPS) is 12.1. The van der Waals surface area contributed by atoms with E-state index in [1.807, 2.05) is 60.9 Å². The van der Waals surface area contributed by atoms with Gasteiger partial charge in [-0.05, 0) is 37.5 Å². The minimum absolute atomic E-state index is 0.380. The zero-order valence-electron chi connectivity index (χ0n) is 15.6. The maximum atomic E-state index is 12.3. The molecule has 0 fully saturated rings. The number of esters is 1. The van der Waals surface area contributed by atoms with E-state index < -0.39 is 12.1 Å². The van der Waals surface area contributed by atoms with Crippen LogP contribution in [0.25, 0.3) is 17.0 Å². The molecule has 0 bridgehead atoms. The first-order valence-corrected chi connectivity index (χ1v) is 9.97. The van der Waals surface area contributed by atoms with Gasteiger partial charge in [0.2, 0.25) is 0 Å². The van der Waals surface area contributed by atoms with E-state index in [-0.39, 0.29) is 5.91 Å². The topological polar surface area (TPSA) is 68.3 Å². The highest BCUT2D eigenvalue weighted by atomic mass is 32.2. The lowest BCUT2D eigenvalue weighted by Gasteiger charge is -2.14. The van der Waals surface area contributed by atoms with E-state index >= 15 is 0 Å². The third kappa shape index (κ3) is 4.78. The number of pyridine rings is 1. The molecule has 3 rings (SSSR count). The summed E-state index contributed by atoms with van der Waals surface area (Å²) in [5.74, 6) is -0.969. The number of nitrogens with one attached hydrogen (secondary N) is 1. The van der Waals surface area contributed by atoms with Crippen molar-refractivity contribution in [3.05, 3.63) is 72.4 Å². The lowest BCUT2D eigenvalue weighted by molar-refractivity contribution is -0.148. The van der Waals surface area contributed by atoms with Gasteiger partial charge in [0.1, 0.15) is 0 Å². The Morgan fingerprint density at radius 2 is 1.89 bits per heavy atom. The summed E-state index contributed by atoms with van der Waals surface area (Å²) in [6, 6.07) is 17.0. The van der Waals surface area contributed by atoms with Crippen molar-refractivity contribution >= 4 is 46.3 Å². The summed E-state index contributed by atoms with van der Waals surface area (Å²) in [6.45, 7) is 1.54. The Hall–Kier alpha value is -3.12. The molecule has 0 saturated heterocycles. The third-order valence-corrected chi connectivity index (χ3v) is 4.89. The van der Waals surface area contributed by atoms with Crippen molar-refractivity contribution in [1.29, 1.82) is 0 Å². The van der Waals surface area contributed by atoms with E-state index in [2.05, 4.69) is 10.3 Å². The van der Waals surface area contributed by atoms with Crippen molar-refractivity contribution in [1.82, 2.24) is 4.98 Å². The molecule has 1 heterocycles. The number of hydrogen-bond acceptors (Lipinski definition) is 5. The number of carbonyl (C=O) groups excluding carboxylic acids is 2. The number of amides is 1. The number of nitrogens with zero attached hydrogens (tertiary/aromatic N) is 1. The molecule has 0 aliphatic heterocycles. The van der Waals surface area contributed by atoms with Gasteiger partial charge in [0.15, 0.2) is 6.10 Å².